The molecule has 0 unspecified atom stereocenters. The monoisotopic (exact) mass is 275 g/mol. The number of nitrogens with two attached hydrogens (primary N) is 1. The minimum atomic E-state index is -3.20. The lowest BCUT2D eigenvalue weighted by molar-refractivity contribution is -0.123. The molecule has 2 fully saturated rings. The van der Waals surface area contributed by atoms with Crippen molar-refractivity contribution in [3.05, 3.63) is 0 Å². The molecule has 0 aromatic carbocycles. The average Bonchev–Trinajstić information content (AvgIpc) is 2.88. The second-order valence-electron chi connectivity index (χ2n) is 5.24. The molecule has 18 heavy (non-hydrogen) atoms. The Morgan fingerprint density at radius 3 is 2.44 bits per heavy atom. The summed E-state index contributed by atoms with van der Waals surface area (Å²) in [6.07, 6.45) is 4.53. The van der Waals surface area contributed by atoms with Crippen LogP contribution in [0.4, 0.5) is 0 Å². The van der Waals surface area contributed by atoms with Gasteiger partial charge in [0, 0.05) is 13.1 Å². The molecule has 0 spiro atoms. The molecule has 1 amide bonds. The molecule has 3 N–H and O–H groups in total. The van der Waals surface area contributed by atoms with E-state index in [2.05, 4.69) is 5.32 Å². The second-order valence-corrected chi connectivity index (χ2v) is 7.33. The lowest BCUT2D eigenvalue weighted by atomic mass is 9.98. The van der Waals surface area contributed by atoms with Crippen molar-refractivity contribution in [1.82, 2.24) is 9.62 Å². The number of nitrogens with one attached hydrogen (secondary N) is 1. The van der Waals surface area contributed by atoms with Crippen LogP contribution in [0.1, 0.15) is 32.1 Å². The maximum absolute atomic E-state index is 11.9. The minimum Gasteiger partial charge on any atom is -0.348 e. The van der Waals surface area contributed by atoms with E-state index in [1.54, 1.807) is 0 Å². The van der Waals surface area contributed by atoms with Gasteiger partial charge in [-0.05, 0) is 19.3 Å². The van der Waals surface area contributed by atoms with Crippen molar-refractivity contribution in [2.75, 3.05) is 25.4 Å². The van der Waals surface area contributed by atoms with Crippen molar-refractivity contribution < 1.29 is 13.2 Å². The first kappa shape index (κ1) is 13.8. The molecule has 2 rings (SSSR count). The summed E-state index contributed by atoms with van der Waals surface area (Å²) in [7, 11) is -3.20. The van der Waals surface area contributed by atoms with Gasteiger partial charge in [-0.25, -0.2) is 8.42 Å². The second kappa shape index (κ2) is 5.14. The van der Waals surface area contributed by atoms with Gasteiger partial charge in [-0.1, -0.05) is 12.8 Å². The van der Waals surface area contributed by atoms with Crippen LogP contribution in [0.15, 0.2) is 0 Å². The standard InChI is InChI=1S/C11H21N3O3S/c12-9-11(4-1-2-5-11)13-10(15)8-14-6-3-7-18(14,16)17/h1-9,12H2,(H,13,15). The Hall–Kier alpha value is -0.660. The average molecular weight is 275 g/mol. The van der Waals surface area contributed by atoms with E-state index in [9.17, 15) is 13.2 Å². The van der Waals surface area contributed by atoms with Crippen LogP contribution < -0.4 is 11.1 Å². The van der Waals surface area contributed by atoms with E-state index in [0.29, 0.717) is 19.5 Å². The van der Waals surface area contributed by atoms with Crippen molar-refractivity contribution in [2.45, 2.75) is 37.6 Å². The number of rotatable bonds is 4. The molecule has 0 aromatic heterocycles. The highest BCUT2D eigenvalue weighted by Crippen LogP contribution is 2.28. The maximum atomic E-state index is 11.9. The van der Waals surface area contributed by atoms with Gasteiger partial charge in [-0.2, -0.15) is 4.31 Å². The fourth-order valence-corrected chi connectivity index (χ4v) is 4.27. The molecule has 1 aliphatic heterocycles. The molecule has 1 saturated carbocycles. The number of carbonyl (C=O) groups is 1. The van der Waals surface area contributed by atoms with Gasteiger partial charge in [-0.15, -0.1) is 0 Å². The molecule has 1 aliphatic carbocycles. The first-order chi connectivity index (χ1) is 8.47. The van der Waals surface area contributed by atoms with Crippen molar-refractivity contribution >= 4 is 15.9 Å². The Morgan fingerprint density at radius 1 is 1.28 bits per heavy atom. The van der Waals surface area contributed by atoms with Gasteiger partial charge < -0.3 is 11.1 Å². The van der Waals surface area contributed by atoms with Gasteiger partial charge in [0.1, 0.15) is 0 Å². The largest absolute Gasteiger partial charge is 0.348 e. The molecule has 0 atom stereocenters. The fraction of sp³-hybridized carbons (Fsp3) is 0.909. The zero-order chi connectivity index (χ0) is 13.2. The van der Waals surface area contributed by atoms with E-state index in [1.807, 2.05) is 0 Å². The Balaban J connectivity index is 1.92. The van der Waals surface area contributed by atoms with Crippen molar-refractivity contribution in [2.24, 2.45) is 5.73 Å². The van der Waals surface area contributed by atoms with Crippen LogP contribution in [-0.4, -0.2) is 49.6 Å². The van der Waals surface area contributed by atoms with Crippen LogP contribution in [0, 0.1) is 0 Å². The molecule has 0 bridgehead atoms. The van der Waals surface area contributed by atoms with Gasteiger partial charge in [0.15, 0.2) is 0 Å². The number of carbonyl (C=O) groups excluding carboxylic acids is 1. The molecule has 1 heterocycles. The van der Waals surface area contributed by atoms with Gasteiger partial charge >= 0.3 is 0 Å². The number of nitrogens with zero attached hydrogens (tertiary/aromatic N) is 1. The third kappa shape index (κ3) is 2.84. The van der Waals surface area contributed by atoms with E-state index in [4.69, 9.17) is 5.73 Å². The van der Waals surface area contributed by atoms with E-state index in [1.165, 1.54) is 4.31 Å². The first-order valence-corrected chi connectivity index (χ1v) is 8.07. The van der Waals surface area contributed by atoms with Crippen LogP contribution in [0.2, 0.25) is 0 Å². The predicted octanol–water partition coefficient (Wildman–Crippen LogP) is -0.590. The minimum absolute atomic E-state index is 0.0654. The zero-order valence-electron chi connectivity index (χ0n) is 10.5. The van der Waals surface area contributed by atoms with Gasteiger partial charge in [0.2, 0.25) is 15.9 Å². The van der Waals surface area contributed by atoms with Gasteiger partial charge in [0.25, 0.3) is 0 Å². The fourth-order valence-electron chi connectivity index (χ4n) is 2.80. The van der Waals surface area contributed by atoms with Crippen molar-refractivity contribution in [1.29, 1.82) is 0 Å². The third-order valence-electron chi connectivity index (χ3n) is 3.88. The van der Waals surface area contributed by atoms with E-state index < -0.39 is 10.0 Å². The highest BCUT2D eigenvalue weighted by molar-refractivity contribution is 7.89. The smallest absolute Gasteiger partial charge is 0.235 e. The summed E-state index contributed by atoms with van der Waals surface area (Å²) in [5, 5.41) is 2.94. The molecule has 104 valence electrons. The molecule has 1 saturated heterocycles. The molecular formula is C11H21N3O3S. The summed E-state index contributed by atoms with van der Waals surface area (Å²) in [5.41, 5.74) is 5.43. The summed E-state index contributed by atoms with van der Waals surface area (Å²) in [6.45, 7) is 0.806. The van der Waals surface area contributed by atoms with Crippen LogP contribution in [0.5, 0.6) is 0 Å². The van der Waals surface area contributed by atoms with Crippen LogP contribution >= 0.6 is 0 Å². The van der Waals surface area contributed by atoms with E-state index in [-0.39, 0.29) is 23.7 Å². The number of hydrogen-bond acceptors (Lipinski definition) is 4. The van der Waals surface area contributed by atoms with E-state index >= 15 is 0 Å². The molecule has 2 aliphatic rings. The summed E-state index contributed by atoms with van der Waals surface area (Å²) in [5.74, 6) is -0.0738. The summed E-state index contributed by atoms with van der Waals surface area (Å²) in [6, 6.07) is 0. The number of sulfonamides is 1. The molecule has 0 aromatic rings. The summed E-state index contributed by atoms with van der Waals surface area (Å²) in [4.78, 5) is 11.9. The molecular weight excluding hydrogens is 254 g/mol. The highest BCUT2D eigenvalue weighted by atomic mass is 32.2. The van der Waals surface area contributed by atoms with Gasteiger partial charge in [-0.3, -0.25) is 4.79 Å². The Morgan fingerprint density at radius 2 is 1.94 bits per heavy atom. The van der Waals surface area contributed by atoms with Crippen molar-refractivity contribution in [3.63, 3.8) is 0 Å². The molecule has 0 radical (unpaired) electrons. The SMILES string of the molecule is NCC1(NC(=O)CN2CCCS2(=O)=O)CCCC1. The Labute approximate surface area is 108 Å². The lowest BCUT2D eigenvalue weighted by Crippen LogP contribution is -2.54. The van der Waals surface area contributed by atoms with Crippen molar-refractivity contribution in [3.8, 4) is 0 Å². The third-order valence-corrected chi connectivity index (χ3v) is 5.78. The molecule has 6 nitrogen and oxygen atoms in total. The normalized spacial score (nSPS) is 26.3. The topological polar surface area (TPSA) is 92.5 Å². The number of hydrogen-bond donors (Lipinski definition) is 2. The summed E-state index contributed by atoms with van der Waals surface area (Å²) >= 11 is 0. The lowest BCUT2D eigenvalue weighted by Gasteiger charge is -2.29. The van der Waals surface area contributed by atoms with Gasteiger partial charge in [0.05, 0.1) is 17.8 Å². The number of amides is 1. The predicted molar refractivity (Wildman–Crippen MR) is 68.4 cm³/mol. The van der Waals surface area contributed by atoms with Crippen LogP contribution in [0.3, 0.4) is 0 Å². The highest BCUT2D eigenvalue weighted by Gasteiger charge is 2.36. The quantitative estimate of drug-likeness (QED) is 0.717. The summed E-state index contributed by atoms with van der Waals surface area (Å²) < 4.78 is 24.5. The van der Waals surface area contributed by atoms with E-state index in [0.717, 1.165) is 25.7 Å². The van der Waals surface area contributed by atoms with Crippen LogP contribution in [0.25, 0.3) is 0 Å². The zero-order valence-corrected chi connectivity index (χ0v) is 11.3. The maximum Gasteiger partial charge on any atom is 0.235 e. The molecule has 7 heteroatoms. The Bertz CT molecular complexity index is 415. The Kier molecular flexibility index (Phi) is 3.93. The van der Waals surface area contributed by atoms with Crippen LogP contribution in [-0.2, 0) is 14.8 Å². The first-order valence-electron chi connectivity index (χ1n) is 6.46.